The minimum absolute atomic E-state index is 0.369. The van der Waals surface area contributed by atoms with Gasteiger partial charge in [-0.25, -0.2) is 0 Å². The number of nitrogens with two attached hydrogens (primary N) is 1. The summed E-state index contributed by atoms with van der Waals surface area (Å²) in [4.78, 5) is 12.1. The predicted molar refractivity (Wildman–Crippen MR) is 45.7 cm³/mol. The van der Waals surface area contributed by atoms with Crippen LogP contribution in [0.1, 0.15) is 12.8 Å². The summed E-state index contributed by atoms with van der Waals surface area (Å²) in [6, 6.07) is 0.369. The van der Waals surface area contributed by atoms with Gasteiger partial charge in [0, 0.05) is 12.6 Å². The molecule has 0 aromatic heterocycles. The molecule has 1 fully saturated rings. The van der Waals surface area contributed by atoms with Crippen LogP contribution < -0.4 is 5.73 Å². The molecule has 0 saturated carbocycles. The minimum Gasteiger partial charge on any atom is -0.467 e. The Morgan fingerprint density at radius 1 is 1.50 bits per heavy atom. The van der Waals surface area contributed by atoms with Gasteiger partial charge >= 0.3 is 0 Å². The smallest absolute Gasteiger partial charge is 0.293 e. The second-order valence-corrected chi connectivity index (χ2v) is 3.15. The molecule has 0 aliphatic carbocycles. The molecule has 0 amide bonds. The molecule has 1 heterocycles. The highest BCUT2D eigenvalue weighted by Crippen LogP contribution is 2.06. The van der Waals surface area contributed by atoms with E-state index in [-0.39, 0.29) is 0 Å². The van der Waals surface area contributed by atoms with Crippen LogP contribution in [-0.2, 0) is 9.53 Å². The lowest BCUT2D eigenvalue weighted by Crippen LogP contribution is -2.40. The van der Waals surface area contributed by atoms with Crippen molar-refractivity contribution in [2.24, 2.45) is 5.73 Å². The zero-order valence-electron chi connectivity index (χ0n) is 7.24. The standard InChI is InChI=1S/C8H16N2O2/c9-8-1-3-10(4-2-8)5-6-12-7-11/h7-8H,1-6,9H2. The lowest BCUT2D eigenvalue weighted by Gasteiger charge is -2.29. The summed E-state index contributed by atoms with van der Waals surface area (Å²) in [5, 5.41) is 0. The van der Waals surface area contributed by atoms with E-state index in [0.717, 1.165) is 32.5 Å². The minimum atomic E-state index is 0.369. The lowest BCUT2D eigenvalue weighted by molar-refractivity contribution is -0.129. The molecule has 0 aromatic rings. The van der Waals surface area contributed by atoms with Gasteiger partial charge in [0.25, 0.3) is 6.47 Å². The van der Waals surface area contributed by atoms with Crippen LogP contribution in [0, 0.1) is 0 Å². The van der Waals surface area contributed by atoms with E-state index in [9.17, 15) is 4.79 Å². The van der Waals surface area contributed by atoms with Crippen molar-refractivity contribution in [1.82, 2.24) is 4.90 Å². The van der Waals surface area contributed by atoms with Gasteiger partial charge in [0.1, 0.15) is 6.61 Å². The van der Waals surface area contributed by atoms with Gasteiger partial charge < -0.3 is 10.5 Å². The van der Waals surface area contributed by atoms with Crippen molar-refractivity contribution in [2.45, 2.75) is 18.9 Å². The van der Waals surface area contributed by atoms with Crippen molar-refractivity contribution in [2.75, 3.05) is 26.2 Å². The van der Waals surface area contributed by atoms with Gasteiger partial charge in [0.05, 0.1) is 0 Å². The second-order valence-electron chi connectivity index (χ2n) is 3.15. The Bertz CT molecular complexity index is 133. The van der Waals surface area contributed by atoms with Crippen LogP contribution in [0.15, 0.2) is 0 Å². The van der Waals surface area contributed by atoms with Crippen molar-refractivity contribution < 1.29 is 9.53 Å². The molecule has 1 aliphatic heterocycles. The largest absolute Gasteiger partial charge is 0.467 e. The van der Waals surface area contributed by atoms with Crippen molar-refractivity contribution >= 4 is 6.47 Å². The van der Waals surface area contributed by atoms with Crippen molar-refractivity contribution in [3.8, 4) is 0 Å². The lowest BCUT2D eigenvalue weighted by atomic mass is 10.1. The highest BCUT2D eigenvalue weighted by atomic mass is 16.5. The van der Waals surface area contributed by atoms with E-state index >= 15 is 0 Å². The average Bonchev–Trinajstić information content (AvgIpc) is 2.09. The van der Waals surface area contributed by atoms with E-state index in [1.807, 2.05) is 0 Å². The van der Waals surface area contributed by atoms with E-state index in [1.54, 1.807) is 0 Å². The highest BCUT2D eigenvalue weighted by Gasteiger charge is 2.14. The SMILES string of the molecule is NC1CCN(CCOC=O)CC1. The fourth-order valence-electron chi connectivity index (χ4n) is 1.41. The normalized spacial score (nSPS) is 20.8. The van der Waals surface area contributed by atoms with Crippen molar-refractivity contribution in [3.05, 3.63) is 0 Å². The van der Waals surface area contributed by atoms with E-state index in [0.29, 0.717) is 19.1 Å². The zero-order chi connectivity index (χ0) is 8.81. The molecule has 1 rings (SSSR count). The zero-order valence-corrected chi connectivity index (χ0v) is 7.24. The summed E-state index contributed by atoms with van der Waals surface area (Å²) in [7, 11) is 0. The van der Waals surface area contributed by atoms with Gasteiger partial charge in [0.2, 0.25) is 0 Å². The molecule has 2 N–H and O–H groups in total. The fourth-order valence-corrected chi connectivity index (χ4v) is 1.41. The Kier molecular flexibility index (Phi) is 4.04. The van der Waals surface area contributed by atoms with Gasteiger partial charge in [-0.2, -0.15) is 0 Å². The predicted octanol–water partition coefficient (Wildman–Crippen LogP) is -0.418. The van der Waals surface area contributed by atoms with Crippen LogP contribution in [0.25, 0.3) is 0 Å². The Balaban J connectivity index is 2.05. The van der Waals surface area contributed by atoms with Crippen LogP contribution in [0.3, 0.4) is 0 Å². The van der Waals surface area contributed by atoms with Crippen LogP contribution >= 0.6 is 0 Å². The third-order valence-corrected chi connectivity index (χ3v) is 2.23. The van der Waals surface area contributed by atoms with E-state index in [1.165, 1.54) is 0 Å². The number of carbonyl (C=O) groups excluding carboxylic acids is 1. The molecule has 70 valence electrons. The van der Waals surface area contributed by atoms with Crippen LogP contribution in [0.5, 0.6) is 0 Å². The first-order chi connectivity index (χ1) is 5.83. The summed E-state index contributed by atoms with van der Waals surface area (Å²) in [6.07, 6.45) is 2.11. The first-order valence-corrected chi connectivity index (χ1v) is 4.36. The highest BCUT2D eigenvalue weighted by molar-refractivity contribution is 5.36. The summed E-state index contributed by atoms with van der Waals surface area (Å²) in [5.74, 6) is 0. The second kappa shape index (κ2) is 5.11. The van der Waals surface area contributed by atoms with E-state index in [4.69, 9.17) is 5.73 Å². The van der Waals surface area contributed by atoms with Crippen molar-refractivity contribution in [1.29, 1.82) is 0 Å². The average molecular weight is 172 g/mol. The maximum Gasteiger partial charge on any atom is 0.293 e. The molecule has 0 unspecified atom stereocenters. The molecule has 0 radical (unpaired) electrons. The molecule has 12 heavy (non-hydrogen) atoms. The maximum absolute atomic E-state index is 9.84. The van der Waals surface area contributed by atoms with Crippen LogP contribution in [0.4, 0.5) is 0 Å². The number of carbonyl (C=O) groups is 1. The topological polar surface area (TPSA) is 55.6 Å². The van der Waals surface area contributed by atoms with Gasteiger partial charge in [-0.3, -0.25) is 9.69 Å². The monoisotopic (exact) mass is 172 g/mol. The quantitative estimate of drug-likeness (QED) is 0.462. The van der Waals surface area contributed by atoms with Gasteiger partial charge in [-0.1, -0.05) is 0 Å². The Labute approximate surface area is 72.7 Å². The fraction of sp³-hybridized carbons (Fsp3) is 0.875. The van der Waals surface area contributed by atoms with Gasteiger partial charge in [-0.05, 0) is 25.9 Å². The molecule has 0 bridgehead atoms. The number of rotatable bonds is 4. The van der Waals surface area contributed by atoms with Crippen LogP contribution in [-0.4, -0.2) is 43.7 Å². The number of ether oxygens (including phenoxy) is 1. The number of likely N-dealkylation sites (tertiary alicyclic amines) is 1. The van der Waals surface area contributed by atoms with Crippen molar-refractivity contribution in [3.63, 3.8) is 0 Å². The maximum atomic E-state index is 9.84. The Hall–Kier alpha value is -0.610. The summed E-state index contributed by atoms with van der Waals surface area (Å²) in [5.41, 5.74) is 5.74. The van der Waals surface area contributed by atoms with Crippen LogP contribution in [0.2, 0.25) is 0 Å². The van der Waals surface area contributed by atoms with Gasteiger partial charge in [-0.15, -0.1) is 0 Å². The number of nitrogens with zero attached hydrogens (tertiary/aromatic N) is 1. The summed E-state index contributed by atoms with van der Waals surface area (Å²) < 4.78 is 4.61. The third kappa shape index (κ3) is 3.19. The molecule has 1 aliphatic rings. The van der Waals surface area contributed by atoms with Gasteiger partial charge in [0.15, 0.2) is 0 Å². The number of hydrogen-bond acceptors (Lipinski definition) is 4. The van der Waals surface area contributed by atoms with E-state index < -0.39 is 0 Å². The van der Waals surface area contributed by atoms with E-state index in [2.05, 4.69) is 9.64 Å². The Morgan fingerprint density at radius 3 is 2.75 bits per heavy atom. The third-order valence-electron chi connectivity index (χ3n) is 2.23. The first kappa shape index (κ1) is 9.48. The molecule has 4 heteroatoms. The molecule has 0 spiro atoms. The molecule has 1 saturated heterocycles. The molecule has 0 aromatic carbocycles. The number of hydrogen-bond donors (Lipinski definition) is 1. The molecule has 4 nitrogen and oxygen atoms in total. The first-order valence-electron chi connectivity index (χ1n) is 4.36. The number of piperidine rings is 1. The summed E-state index contributed by atoms with van der Waals surface area (Å²) >= 11 is 0. The summed E-state index contributed by atoms with van der Waals surface area (Å²) in [6.45, 7) is 3.90. The molecule has 0 atom stereocenters. The molecular weight excluding hydrogens is 156 g/mol. The Morgan fingerprint density at radius 2 is 2.17 bits per heavy atom. The molecular formula is C8H16N2O2.